The molecule has 26 heavy (non-hydrogen) atoms. The third kappa shape index (κ3) is 4.56. The van der Waals surface area contributed by atoms with Gasteiger partial charge in [-0.3, -0.25) is 9.88 Å². The van der Waals surface area contributed by atoms with Gasteiger partial charge in [0, 0.05) is 68.5 Å². The monoisotopic (exact) mass is 355 g/mol. The normalized spacial score (nSPS) is 18.5. The quantitative estimate of drug-likeness (QED) is 0.858. The number of aliphatic hydroxyl groups is 1. The molecule has 1 N–H and O–H groups in total. The minimum absolute atomic E-state index is 0.219. The SMILES string of the molecule is Cc1cc(N2CCN(CC(C)C)C(CCO)C2)nc(-c2cccnc2)n1. The molecule has 1 fully saturated rings. The summed E-state index contributed by atoms with van der Waals surface area (Å²) in [4.78, 5) is 18.4. The molecule has 0 aliphatic carbocycles. The van der Waals surface area contributed by atoms with E-state index in [9.17, 15) is 5.11 Å². The number of piperazine rings is 1. The van der Waals surface area contributed by atoms with Gasteiger partial charge in [0.2, 0.25) is 0 Å². The molecule has 3 rings (SSSR count). The molecule has 2 aromatic rings. The molecule has 0 bridgehead atoms. The van der Waals surface area contributed by atoms with Crippen molar-refractivity contribution in [2.75, 3.05) is 37.7 Å². The van der Waals surface area contributed by atoms with Crippen molar-refractivity contribution in [3.8, 4) is 11.4 Å². The Morgan fingerprint density at radius 1 is 1.27 bits per heavy atom. The Morgan fingerprint density at radius 2 is 2.12 bits per heavy atom. The van der Waals surface area contributed by atoms with Crippen LogP contribution in [0.25, 0.3) is 11.4 Å². The van der Waals surface area contributed by atoms with Crippen molar-refractivity contribution in [1.29, 1.82) is 0 Å². The van der Waals surface area contributed by atoms with Crippen LogP contribution in [0.15, 0.2) is 30.6 Å². The molecular weight excluding hydrogens is 326 g/mol. The molecule has 0 saturated carbocycles. The van der Waals surface area contributed by atoms with Crippen molar-refractivity contribution < 1.29 is 5.11 Å². The van der Waals surface area contributed by atoms with Gasteiger partial charge in [-0.2, -0.15) is 0 Å². The van der Waals surface area contributed by atoms with E-state index in [2.05, 4.69) is 33.6 Å². The lowest BCUT2D eigenvalue weighted by atomic mass is 10.1. The number of nitrogens with zero attached hydrogens (tertiary/aromatic N) is 5. The average molecular weight is 355 g/mol. The summed E-state index contributed by atoms with van der Waals surface area (Å²) in [7, 11) is 0. The fourth-order valence-corrected chi connectivity index (χ4v) is 3.57. The van der Waals surface area contributed by atoms with E-state index in [0.29, 0.717) is 12.0 Å². The van der Waals surface area contributed by atoms with E-state index in [1.54, 1.807) is 12.4 Å². The Labute approximate surface area is 155 Å². The zero-order valence-corrected chi connectivity index (χ0v) is 16.0. The molecule has 6 heteroatoms. The highest BCUT2D eigenvalue weighted by atomic mass is 16.3. The second-order valence-corrected chi connectivity index (χ2v) is 7.43. The Balaban J connectivity index is 1.81. The van der Waals surface area contributed by atoms with Crippen LogP contribution in [0.5, 0.6) is 0 Å². The van der Waals surface area contributed by atoms with Crippen LogP contribution in [-0.4, -0.2) is 63.8 Å². The molecule has 140 valence electrons. The summed E-state index contributed by atoms with van der Waals surface area (Å²) in [5.74, 6) is 2.31. The summed E-state index contributed by atoms with van der Waals surface area (Å²) in [6.07, 6.45) is 4.35. The first kappa shape index (κ1) is 18.7. The fourth-order valence-electron chi connectivity index (χ4n) is 3.57. The zero-order valence-electron chi connectivity index (χ0n) is 16.0. The lowest BCUT2D eigenvalue weighted by Gasteiger charge is -2.42. The zero-order chi connectivity index (χ0) is 18.5. The Hall–Kier alpha value is -2.05. The number of aromatic nitrogens is 3. The lowest BCUT2D eigenvalue weighted by molar-refractivity contribution is 0.128. The summed E-state index contributed by atoms with van der Waals surface area (Å²) >= 11 is 0. The highest BCUT2D eigenvalue weighted by Gasteiger charge is 2.28. The van der Waals surface area contributed by atoms with Gasteiger partial charge in [0.25, 0.3) is 0 Å². The predicted molar refractivity (Wildman–Crippen MR) is 104 cm³/mol. The first-order valence-corrected chi connectivity index (χ1v) is 9.42. The van der Waals surface area contributed by atoms with Crippen molar-refractivity contribution in [2.45, 2.75) is 33.2 Å². The van der Waals surface area contributed by atoms with E-state index < -0.39 is 0 Å². The average Bonchev–Trinajstić information content (AvgIpc) is 2.63. The highest BCUT2D eigenvalue weighted by Crippen LogP contribution is 2.23. The van der Waals surface area contributed by atoms with Gasteiger partial charge in [0.15, 0.2) is 5.82 Å². The molecule has 6 nitrogen and oxygen atoms in total. The molecule has 2 aromatic heterocycles. The van der Waals surface area contributed by atoms with Gasteiger partial charge in [-0.1, -0.05) is 13.8 Å². The van der Waals surface area contributed by atoms with E-state index in [4.69, 9.17) is 4.98 Å². The van der Waals surface area contributed by atoms with Crippen LogP contribution in [0.3, 0.4) is 0 Å². The molecule has 1 atom stereocenters. The highest BCUT2D eigenvalue weighted by molar-refractivity contribution is 5.56. The van der Waals surface area contributed by atoms with Crippen molar-refractivity contribution in [1.82, 2.24) is 19.9 Å². The van der Waals surface area contributed by atoms with Gasteiger partial charge in [-0.05, 0) is 31.4 Å². The van der Waals surface area contributed by atoms with Crippen LogP contribution in [0.2, 0.25) is 0 Å². The molecule has 1 aliphatic rings. The van der Waals surface area contributed by atoms with Gasteiger partial charge < -0.3 is 10.0 Å². The van der Waals surface area contributed by atoms with Gasteiger partial charge in [0.1, 0.15) is 5.82 Å². The van der Waals surface area contributed by atoms with Crippen molar-refractivity contribution in [3.63, 3.8) is 0 Å². The van der Waals surface area contributed by atoms with Crippen LogP contribution < -0.4 is 4.90 Å². The molecule has 1 saturated heterocycles. The van der Waals surface area contributed by atoms with Crippen LogP contribution in [0, 0.1) is 12.8 Å². The summed E-state index contributed by atoms with van der Waals surface area (Å²) < 4.78 is 0. The molecule has 1 unspecified atom stereocenters. The number of anilines is 1. The lowest BCUT2D eigenvalue weighted by Crippen LogP contribution is -2.54. The Morgan fingerprint density at radius 3 is 2.81 bits per heavy atom. The molecular formula is C20H29N5O. The van der Waals surface area contributed by atoms with Gasteiger partial charge in [-0.25, -0.2) is 9.97 Å². The van der Waals surface area contributed by atoms with Gasteiger partial charge in [0.05, 0.1) is 0 Å². The minimum atomic E-state index is 0.219. The standard InChI is InChI=1S/C20H29N5O/c1-15(2)13-24-8-9-25(14-18(24)6-10-26)19-11-16(3)22-20(23-19)17-5-4-7-21-12-17/h4-5,7,11-12,15,18,26H,6,8-10,13-14H2,1-3H3. The Bertz CT molecular complexity index is 707. The number of hydrogen-bond acceptors (Lipinski definition) is 6. The predicted octanol–water partition coefficient (Wildman–Crippen LogP) is 2.38. The van der Waals surface area contributed by atoms with Crippen molar-refractivity contribution in [3.05, 3.63) is 36.3 Å². The summed E-state index contributed by atoms with van der Waals surface area (Å²) in [5, 5.41) is 9.49. The number of pyridine rings is 1. The first-order valence-electron chi connectivity index (χ1n) is 9.42. The third-order valence-electron chi connectivity index (χ3n) is 4.75. The van der Waals surface area contributed by atoms with Gasteiger partial charge >= 0.3 is 0 Å². The van der Waals surface area contributed by atoms with Crippen LogP contribution in [0.1, 0.15) is 26.0 Å². The maximum absolute atomic E-state index is 9.49. The number of rotatable bonds is 6. The van der Waals surface area contributed by atoms with E-state index >= 15 is 0 Å². The molecule has 0 aromatic carbocycles. The van der Waals surface area contributed by atoms with Crippen molar-refractivity contribution in [2.24, 2.45) is 5.92 Å². The van der Waals surface area contributed by atoms with Crippen LogP contribution in [-0.2, 0) is 0 Å². The van der Waals surface area contributed by atoms with E-state index in [-0.39, 0.29) is 6.61 Å². The molecule has 1 aliphatic heterocycles. The maximum Gasteiger partial charge on any atom is 0.163 e. The van der Waals surface area contributed by atoms with E-state index in [0.717, 1.165) is 55.5 Å². The fraction of sp³-hybridized carbons (Fsp3) is 0.550. The second-order valence-electron chi connectivity index (χ2n) is 7.43. The summed E-state index contributed by atoms with van der Waals surface area (Å²) in [6.45, 7) is 10.6. The Kier molecular flexibility index (Phi) is 6.16. The minimum Gasteiger partial charge on any atom is -0.396 e. The molecule has 3 heterocycles. The summed E-state index contributed by atoms with van der Waals surface area (Å²) in [5.41, 5.74) is 1.89. The van der Waals surface area contributed by atoms with Crippen LogP contribution in [0.4, 0.5) is 5.82 Å². The largest absolute Gasteiger partial charge is 0.396 e. The second kappa shape index (κ2) is 8.56. The first-order chi connectivity index (χ1) is 12.6. The topological polar surface area (TPSA) is 65.4 Å². The van der Waals surface area contributed by atoms with Gasteiger partial charge in [-0.15, -0.1) is 0 Å². The number of aliphatic hydroxyl groups excluding tert-OH is 1. The number of hydrogen-bond donors (Lipinski definition) is 1. The van der Waals surface area contributed by atoms with Crippen LogP contribution >= 0.6 is 0 Å². The van der Waals surface area contributed by atoms with Crippen molar-refractivity contribution >= 4 is 5.82 Å². The maximum atomic E-state index is 9.49. The molecule has 0 spiro atoms. The summed E-state index contributed by atoms with van der Waals surface area (Å²) in [6, 6.07) is 6.30. The third-order valence-corrected chi connectivity index (χ3v) is 4.75. The number of aryl methyl sites for hydroxylation is 1. The van der Waals surface area contributed by atoms with E-state index in [1.807, 2.05) is 25.1 Å². The van der Waals surface area contributed by atoms with E-state index in [1.165, 1.54) is 0 Å². The molecule has 0 radical (unpaired) electrons. The molecule has 0 amide bonds. The smallest absolute Gasteiger partial charge is 0.163 e.